The highest BCUT2D eigenvalue weighted by molar-refractivity contribution is 5.63. The van der Waals surface area contributed by atoms with Gasteiger partial charge in [-0.25, -0.2) is 0 Å². The standard InChI is InChI=1S/C14H21N3O4/c1-3-16-6-7-21-12(10-16)9-15-13-5-4-11(20-2)8-14(13)17(18)19/h4-5,8,12,15H,3,6-7,9-10H2,1-2H3. The van der Waals surface area contributed by atoms with Crippen LogP contribution in [0.3, 0.4) is 0 Å². The van der Waals surface area contributed by atoms with Gasteiger partial charge in [0.05, 0.1) is 30.8 Å². The Labute approximate surface area is 124 Å². The first-order valence-corrected chi connectivity index (χ1v) is 7.04. The van der Waals surface area contributed by atoms with E-state index >= 15 is 0 Å². The van der Waals surface area contributed by atoms with Crippen LogP contribution in [0, 0.1) is 10.1 Å². The molecule has 0 spiro atoms. The third-order valence-electron chi connectivity index (χ3n) is 3.59. The molecule has 1 aliphatic rings. The fourth-order valence-corrected chi connectivity index (χ4v) is 2.35. The Hall–Kier alpha value is -1.86. The maximum Gasteiger partial charge on any atom is 0.296 e. The van der Waals surface area contributed by atoms with Crippen molar-refractivity contribution in [1.82, 2.24) is 4.90 Å². The summed E-state index contributed by atoms with van der Waals surface area (Å²) in [6.07, 6.45) is 0.0420. The van der Waals surface area contributed by atoms with Gasteiger partial charge in [0.2, 0.25) is 0 Å². The molecule has 0 radical (unpaired) electrons. The largest absolute Gasteiger partial charge is 0.496 e. The van der Waals surface area contributed by atoms with Crippen LogP contribution in [0.5, 0.6) is 5.75 Å². The van der Waals surface area contributed by atoms with Gasteiger partial charge >= 0.3 is 0 Å². The number of nitrogens with zero attached hydrogens (tertiary/aromatic N) is 2. The van der Waals surface area contributed by atoms with Crippen molar-refractivity contribution in [2.75, 3.05) is 45.2 Å². The molecule has 1 aromatic rings. The number of nitro groups is 1. The molecule has 1 unspecified atom stereocenters. The number of hydrogen-bond donors (Lipinski definition) is 1. The van der Waals surface area contributed by atoms with Gasteiger partial charge in [0, 0.05) is 19.6 Å². The lowest BCUT2D eigenvalue weighted by Crippen LogP contribution is -2.45. The molecule has 1 fully saturated rings. The predicted octanol–water partition coefficient (Wildman–Crippen LogP) is 1.74. The number of methoxy groups -OCH3 is 1. The molecule has 1 saturated heterocycles. The van der Waals surface area contributed by atoms with Crippen LogP contribution in [0.4, 0.5) is 11.4 Å². The molecule has 1 N–H and O–H groups in total. The normalized spacial score (nSPS) is 19.2. The van der Waals surface area contributed by atoms with Crippen molar-refractivity contribution in [3.63, 3.8) is 0 Å². The first-order chi connectivity index (χ1) is 10.1. The highest BCUT2D eigenvalue weighted by Gasteiger charge is 2.21. The first-order valence-electron chi connectivity index (χ1n) is 7.04. The van der Waals surface area contributed by atoms with Crippen LogP contribution in [0.2, 0.25) is 0 Å². The highest BCUT2D eigenvalue weighted by atomic mass is 16.6. The molecule has 0 saturated carbocycles. The number of ether oxygens (including phenoxy) is 2. The summed E-state index contributed by atoms with van der Waals surface area (Å²) in [4.78, 5) is 13.0. The fourth-order valence-electron chi connectivity index (χ4n) is 2.35. The second-order valence-corrected chi connectivity index (χ2v) is 4.91. The summed E-state index contributed by atoms with van der Waals surface area (Å²) in [5.74, 6) is 0.471. The van der Waals surface area contributed by atoms with Crippen molar-refractivity contribution in [2.45, 2.75) is 13.0 Å². The predicted molar refractivity (Wildman–Crippen MR) is 80.0 cm³/mol. The molecular weight excluding hydrogens is 274 g/mol. The molecule has 116 valence electrons. The number of likely N-dealkylation sites (N-methyl/N-ethyl adjacent to an activating group) is 1. The molecule has 0 bridgehead atoms. The van der Waals surface area contributed by atoms with Crippen molar-refractivity contribution < 1.29 is 14.4 Å². The Bertz CT molecular complexity index is 495. The van der Waals surface area contributed by atoms with Gasteiger partial charge in [0.1, 0.15) is 11.4 Å². The van der Waals surface area contributed by atoms with Gasteiger partial charge in [-0.2, -0.15) is 0 Å². The van der Waals surface area contributed by atoms with Crippen LogP contribution in [-0.4, -0.2) is 55.8 Å². The van der Waals surface area contributed by atoms with Gasteiger partial charge in [-0.15, -0.1) is 0 Å². The maximum atomic E-state index is 11.1. The average molecular weight is 295 g/mol. The van der Waals surface area contributed by atoms with Crippen LogP contribution in [0.15, 0.2) is 18.2 Å². The number of nitro benzene ring substituents is 1. The van der Waals surface area contributed by atoms with Gasteiger partial charge in [-0.1, -0.05) is 6.92 Å². The van der Waals surface area contributed by atoms with E-state index in [0.29, 0.717) is 24.6 Å². The van der Waals surface area contributed by atoms with E-state index in [2.05, 4.69) is 17.1 Å². The van der Waals surface area contributed by atoms with E-state index in [0.717, 1.165) is 19.6 Å². The summed E-state index contributed by atoms with van der Waals surface area (Å²) in [6, 6.07) is 4.79. The van der Waals surface area contributed by atoms with Crippen LogP contribution >= 0.6 is 0 Å². The summed E-state index contributed by atoms with van der Waals surface area (Å²) in [7, 11) is 1.49. The third-order valence-corrected chi connectivity index (χ3v) is 3.59. The fraction of sp³-hybridized carbons (Fsp3) is 0.571. The van der Waals surface area contributed by atoms with Crippen LogP contribution in [-0.2, 0) is 4.74 Å². The second-order valence-electron chi connectivity index (χ2n) is 4.91. The molecule has 0 amide bonds. The molecule has 2 rings (SSSR count). The molecule has 1 aliphatic heterocycles. The molecule has 1 atom stereocenters. The van der Waals surface area contributed by atoms with E-state index in [4.69, 9.17) is 9.47 Å². The van der Waals surface area contributed by atoms with Crippen molar-refractivity contribution in [1.29, 1.82) is 0 Å². The van der Waals surface area contributed by atoms with Crippen molar-refractivity contribution >= 4 is 11.4 Å². The molecule has 0 aliphatic carbocycles. The highest BCUT2D eigenvalue weighted by Crippen LogP contribution is 2.29. The summed E-state index contributed by atoms with van der Waals surface area (Å²) in [5.41, 5.74) is 0.496. The van der Waals surface area contributed by atoms with Crippen LogP contribution < -0.4 is 10.1 Å². The van der Waals surface area contributed by atoms with E-state index in [9.17, 15) is 10.1 Å². The molecule has 7 nitrogen and oxygen atoms in total. The summed E-state index contributed by atoms with van der Waals surface area (Å²) in [6.45, 7) is 6.13. The summed E-state index contributed by atoms with van der Waals surface area (Å²) in [5, 5.41) is 14.2. The number of morpholine rings is 1. The molecule has 1 heterocycles. The van der Waals surface area contributed by atoms with Crippen LogP contribution in [0.1, 0.15) is 6.92 Å². The summed E-state index contributed by atoms with van der Waals surface area (Å²) < 4.78 is 10.7. The Morgan fingerprint density at radius 2 is 2.38 bits per heavy atom. The quantitative estimate of drug-likeness (QED) is 0.636. The lowest BCUT2D eigenvalue weighted by atomic mass is 10.2. The molecule has 1 aromatic carbocycles. The number of nitrogens with one attached hydrogen (secondary N) is 1. The Morgan fingerprint density at radius 1 is 1.57 bits per heavy atom. The number of rotatable bonds is 6. The molecular formula is C14H21N3O4. The monoisotopic (exact) mass is 295 g/mol. The van der Waals surface area contributed by atoms with E-state index in [1.165, 1.54) is 13.2 Å². The zero-order chi connectivity index (χ0) is 15.2. The molecule has 7 heteroatoms. The SMILES string of the molecule is CCN1CCOC(CNc2ccc(OC)cc2[N+](=O)[O-])C1. The Kier molecular flexibility index (Phi) is 5.35. The van der Waals surface area contributed by atoms with Crippen molar-refractivity contribution in [3.05, 3.63) is 28.3 Å². The number of anilines is 1. The van der Waals surface area contributed by atoms with Gasteiger partial charge < -0.3 is 14.8 Å². The van der Waals surface area contributed by atoms with Gasteiger partial charge in [0.25, 0.3) is 5.69 Å². The van der Waals surface area contributed by atoms with Crippen molar-refractivity contribution in [2.24, 2.45) is 0 Å². The zero-order valence-corrected chi connectivity index (χ0v) is 12.4. The van der Waals surface area contributed by atoms with Gasteiger partial charge in [-0.05, 0) is 18.7 Å². The number of hydrogen-bond acceptors (Lipinski definition) is 6. The third kappa shape index (κ3) is 4.05. The smallest absolute Gasteiger partial charge is 0.296 e. The number of benzene rings is 1. The molecule has 21 heavy (non-hydrogen) atoms. The minimum Gasteiger partial charge on any atom is -0.496 e. The molecule has 0 aromatic heterocycles. The zero-order valence-electron chi connectivity index (χ0n) is 12.4. The lowest BCUT2D eigenvalue weighted by molar-refractivity contribution is -0.384. The average Bonchev–Trinajstić information content (AvgIpc) is 2.52. The van der Waals surface area contributed by atoms with Crippen molar-refractivity contribution in [3.8, 4) is 5.75 Å². The minimum atomic E-state index is -0.412. The van der Waals surface area contributed by atoms with E-state index in [-0.39, 0.29) is 11.8 Å². The Balaban J connectivity index is 2.00. The Morgan fingerprint density at radius 3 is 3.05 bits per heavy atom. The summed E-state index contributed by atoms with van der Waals surface area (Å²) >= 11 is 0. The van der Waals surface area contributed by atoms with Gasteiger partial charge in [-0.3, -0.25) is 15.0 Å². The first kappa shape index (κ1) is 15.5. The van der Waals surface area contributed by atoms with E-state index < -0.39 is 4.92 Å². The van der Waals surface area contributed by atoms with Gasteiger partial charge in [0.15, 0.2) is 0 Å². The topological polar surface area (TPSA) is 76.9 Å². The second kappa shape index (κ2) is 7.24. The van der Waals surface area contributed by atoms with Crippen LogP contribution in [0.25, 0.3) is 0 Å². The van der Waals surface area contributed by atoms with E-state index in [1.807, 2.05) is 0 Å². The van der Waals surface area contributed by atoms with E-state index in [1.54, 1.807) is 12.1 Å². The minimum absolute atomic E-state index is 0.0116. The maximum absolute atomic E-state index is 11.1. The lowest BCUT2D eigenvalue weighted by Gasteiger charge is -2.32.